The fourth-order valence-electron chi connectivity index (χ4n) is 1.87. The van der Waals surface area contributed by atoms with Gasteiger partial charge in [-0.05, 0) is 26.0 Å². The van der Waals surface area contributed by atoms with Gasteiger partial charge in [-0.15, -0.1) is 0 Å². The fourth-order valence-corrected chi connectivity index (χ4v) is 1.87. The lowest BCUT2D eigenvalue weighted by Gasteiger charge is -2.22. The molecule has 0 radical (unpaired) electrons. The topological polar surface area (TPSA) is 75.0 Å². The molecular formula is C13H16N4O. The molecule has 0 saturated carbocycles. The van der Waals surface area contributed by atoms with Crippen molar-refractivity contribution in [2.24, 2.45) is 0 Å². The van der Waals surface area contributed by atoms with Crippen LogP contribution in [0.15, 0.2) is 30.5 Å². The molecule has 0 spiro atoms. The van der Waals surface area contributed by atoms with E-state index in [1.54, 1.807) is 17.2 Å². The van der Waals surface area contributed by atoms with Gasteiger partial charge >= 0.3 is 0 Å². The third-order valence-electron chi connectivity index (χ3n) is 2.85. The smallest absolute Gasteiger partial charge is 0.261 e. The molecule has 0 saturated heterocycles. The first-order chi connectivity index (χ1) is 8.65. The van der Waals surface area contributed by atoms with Crippen LogP contribution in [0, 0.1) is 6.92 Å². The van der Waals surface area contributed by atoms with E-state index in [4.69, 9.17) is 5.73 Å². The maximum absolute atomic E-state index is 12.4. The summed E-state index contributed by atoms with van der Waals surface area (Å²) in [7, 11) is 0. The third kappa shape index (κ3) is 2.07. The molecule has 0 aliphatic rings. The van der Waals surface area contributed by atoms with Gasteiger partial charge in [-0.25, -0.2) is 0 Å². The van der Waals surface area contributed by atoms with Crippen molar-refractivity contribution in [3.63, 3.8) is 0 Å². The van der Waals surface area contributed by atoms with Crippen molar-refractivity contribution in [3.05, 3.63) is 41.7 Å². The standard InChI is InChI=1S/C13H16N4O/c1-3-17(12-7-5-4-6-11(12)14)13(18)10-8-15-16-9(10)2/h4-8H,3,14H2,1-2H3,(H,15,16). The van der Waals surface area contributed by atoms with E-state index < -0.39 is 0 Å². The van der Waals surface area contributed by atoms with E-state index in [0.717, 1.165) is 11.4 Å². The number of amides is 1. The minimum absolute atomic E-state index is 0.0957. The van der Waals surface area contributed by atoms with Crippen molar-refractivity contribution >= 4 is 17.3 Å². The lowest BCUT2D eigenvalue weighted by molar-refractivity contribution is 0.0988. The van der Waals surface area contributed by atoms with Gasteiger partial charge in [0.15, 0.2) is 0 Å². The van der Waals surface area contributed by atoms with Gasteiger partial charge in [0, 0.05) is 12.2 Å². The number of hydrogen-bond acceptors (Lipinski definition) is 3. The number of benzene rings is 1. The Kier molecular flexibility index (Phi) is 3.32. The quantitative estimate of drug-likeness (QED) is 0.810. The molecule has 5 nitrogen and oxygen atoms in total. The third-order valence-corrected chi connectivity index (χ3v) is 2.85. The lowest BCUT2D eigenvalue weighted by Crippen LogP contribution is -2.31. The predicted octanol–water partition coefficient (Wildman–Crippen LogP) is 1.97. The van der Waals surface area contributed by atoms with Crippen LogP contribution in [0.5, 0.6) is 0 Å². The zero-order valence-corrected chi connectivity index (χ0v) is 10.5. The highest BCUT2D eigenvalue weighted by atomic mass is 16.2. The van der Waals surface area contributed by atoms with E-state index in [2.05, 4.69) is 10.2 Å². The number of para-hydroxylation sites is 2. The summed E-state index contributed by atoms with van der Waals surface area (Å²) in [5.74, 6) is -0.0957. The summed E-state index contributed by atoms with van der Waals surface area (Å²) in [6, 6.07) is 7.34. The summed E-state index contributed by atoms with van der Waals surface area (Å²) in [5, 5.41) is 6.64. The Bertz CT molecular complexity index is 562. The number of aryl methyl sites for hydroxylation is 1. The van der Waals surface area contributed by atoms with Gasteiger partial charge in [-0.2, -0.15) is 5.10 Å². The maximum Gasteiger partial charge on any atom is 0.261 e. The van der Waals surface area contributed by atoms with E-state index in [-0.39, 0.29) is 5.91 Å². The van der Waals surface area contributed by atoms with Crippen LogP contribution in [-0.4, -0.2) is 22.6 Å². The maximum atomic E-state index is 12.4. The second kappa shape index (κ2) is 4.91. The van der Waals surface area contributed by atoms with E-state index in [0.29, 0.717) is 17.8 Å². The first kappa shape index (κ1) is 12.2. The number of carbonyl (C=O) groups excluding carboxylic acids is 1. The molecule has 1 amide bonds. The normalized spacial score (nSPS) is 10.3. The van der Waals surface area contributed by atoms with Crippen molar-refractivity contribution in [3.8, 4) is 0 Å². The zero-order chi connectivity index (χ0) is 13.1. The number of rotatable bonds is 3. The Morgan fingerprint density at radius 1 is 1.44 bits per heavy atom. The first-order valence-electron chi connectivity index (χ1n) is 5.81. The molecule has 3 N–H and O–H groups in total. The average molecular weight is 244 g/mol. The van der Waals surface area contributed by atoms with Crippen molar-refractivity contribution < 1.29 is 4.79 Å². The van der Waals surface area contributed by atoms with E-state index in [1.165, 1.54) is 0 Å². The van der Waals surface area contributed by atoms with Gasteiger partial charge < -0.3 is 10.6 Å². The molecule has 0 bridgehead atoms. The second-order valence-corrected chi connectivity index (χ2v) is 4.02. The number of nitrogens with two attached hydrogens (primary N) is 1. The Morgan fingerprint density at radius 3 is 2.72 bits per heavy atom. The lowest BCUT2D eigenvalue weighted by atomic mass is 10.2. The second-order valence-electron chi connectivity index (χ2n) is 4.02. The number of anilines is 2. The first-order valence-corrected chi connectivity index (χ1v) is 5.81. The van der Waals surface area contributed by atoms with Crippen LogP contribution in [0.3, 0.4) is 0 Å². The number of aromatic nitrogens is 2. The average Bonchev–Trinajstić information content (AvgIpc) is 2.78. The molecular weight excluding hydrogens is 228 g/mol. The minimum atomic E-state index is -0.0957. The molecule has 0 fully saturated rings. The highest BCUT2D eigenvalue weighted by Crippen LogP contribution is 2.24. The highest BCUT2D eigenvalue weighted by molar-refractivity contribution is 6.08. The Hall–Kier alpha value is -2.30. The molecule has 0 atom stereocenters. The molecule has 94 valence electrons. The van der Waals surface area contributed by atoms with Crippen LogP contribution in [0.1, 0.15) is 23.0 Å². The largest absolute Gasteiger partial charge is 0.397 e. The SMILES string of the molecule is CCN(C(=O)c1cn[nH]c1C)c1ccccc1N. The number of hydrogen-bond donors (Lipinski definition) is 2. The highest BCUT2D eigenvalue weighted by Gasteiger charge is 2.20. The van der Waals surface area contributed by atoms with Crippen molar-refractivity contribution in [2.45, 2.75) is 13.8 Å². The van der Waals surface area contributed by atoms with Crippen LogP contribution in [0.4, 0.5) is 11.4 Å². The molecule has 0 aliphatic carbocycles. The van der Waals surface area contributed by atoms with Crippen molar-refractivity contribution in [1.29, 1.82) is 0 Å². The molecule has 5 heteroatoms. The summed E-state index contributed by atoms with van der Waals surface area (Å²) >= 11 is 0. The number of H-pyrrole nitrogens is 1. The van der Waals surface area contributed by atoms with E-state index >= 15 is 0 Å². The summed E-state index contributed by atoms with van der Waals surface area (Å²) in [5.41, 5.74) is 8.55. The van der Waals surface area contributed by atoms with Gasteiger partial charge in [0.2, 0.25) is 0 Å². The molecule has 1 aromatic carbocycles. The molecule has 18 heavy (non-hydrogen) atoms. The number of nitrogen functional groups attached to an aromatic ring is 1. The van der Waals surface area contributed by atoms with Gasteiger partial charge in [-0.3, -0.25) is 9.89 Å². The Labute approximate surface area is 106 Å². The van der Waals surface area contributed by atoms with Gasteiger partial charge in [0.25, 0.3) is 5.91 Å². The van der Waals surface area contributed by atoms with Crippen LogP contribution in [0.2, 0.25) is 0 Å². The zero-order valence-electron chi connectivity index (χ0n) is 10.5. The Balaban J connectivity index is 2.39. The molecule has 0 unspecified atom stereocenters. The molecule has 1 heterocycles. The van der Waals surface area contributed by atoms with Gasteiger partial charge in [0.1, 0.15) is 0 Å². The number of aromatic amines is 1. The van der Waals surface area contributed by atoms with E-state index in [9.17, 15) is 4.79 Å². The molecule has 2 aromatic rings. The monoisotopic (exact) mass is 244 g/mol. The van der Waals surface area contributed by atoms with Gasteiger partial charge in [0.05, 0.1) is 23.1 Å². The van der Waals surface area contributed by atoms with Crippen molar-refractivity contribution in [2.75, 3.05) is 17.2 Å². The van der Waals surface area contributed by atoms with Crippen LogP contribution in [-0.2, 0) is 0 Å². The molecule has 1 aromatic heterocycles. The van der Waals surface area contributed by atoms with E-state index in [1.807, 2.05) is 32.0 Å². The molecule has 0 aliphatic heterocycles. The minimum Gasteiger partial charge on any atom is -0.397 e. The number of carbonyl (C=O) groups is 1. The predicted molar refractivity (Wildman–Crippen MR) is 71.5 cm³/mol. The van der Waals surface area contributed by atoms with Crippen LogP contribution in [0.25, 0.3) is 0 Å². The summed E-state index contributed by atoms with van der Waals surface area (Å²) in [4.78, 5) is 14.1. The number of nitrogens with one attached hydrogen (secondary N) is 1. The summed E-state index contributed by atoms with van der Waals surface area (Å²) in [6.07, 6.45) is 1.54. The van der Waals surface area contributed by atoms with Crippen LogP contribution < -0.4 is 10.6 Å². The summed E-state index contributed by atoms with van der Waals surface area (Å²) in [6.45, 7) is 4.29. The Morgan fingerprint density at radius 2 is 2.17 bits per heavy atom. The van der Waals surface area contributed by atoms with Gasteiger partial charge in [-0.1, -0.05) is 12.1 Å². The number of nitrogens with zero attached hydrogens (tertiary/aromatic N) is 2. The fraction of sp³-hybridized carbons (Fsp3) is 0.231. The summed E-state index contributed by atoms with van der Waals surface area (Å²) < 4.78 is 0. The van der Waals surface area contributed by atoms with Crippen molar-refractivity contribution in [1.82, 2.24) is 10.2 Å². The molecule has 2 rings (SSSR count). The van der Waals surface area contributed by atoms with Crippen LogP contribution >= 0.6 is 0 Å².